The average Bonchev–Trinajstić information content (AvgIpc) is 2.99. The first kappa shape index (κ1) is 24.4. The highest BCUT2D eigenvalue weighted by atomic mass is 35.5. The second-order valence-electron chi connectivity index (χ2n) is 9.24. The molecule has 0 saturated carbocycles. The van der Waals surface area contributed by atoms with Gasteiger partial charge < -0.3 is 20.4 Å². The van der Waals surface area contributed by atoms with Crippen LogP contribution in [0.3, 0.4) is 0 Å². The van der Waals surface area contributed by atoms with E-state index in [4.69, 9.17) is 11.6 Å². The molecule has 1 fully saturated rings. The van der Waals surface area contributed by atoms with Gasteiger partial charge in [0.05, 0.1) is 29.4 Å². The number of nitrogens with one attached hydrogen (secondary N) is 1. The van der Waals surface area contributed by atoms with Crippen LogP contribution in [0.5, 0.6) is 0 Å². The molecule has 1 aliphatic heterocycles. The van der Waals surface area contributed by atoms with Gasteiger partial charge in [0.15, 0.2) is 5.82 Å². The Morgan fingerprint density at radius 3 is 2.74 bits per heavy atom. The van der Waals surface area contributed by atoms with Crippen molar-refractivity contribution in [3.63, 3.8) is 0 Å². The molecule has 4 rings (SSSR count). The molecular formula is C22H27ClF2N6O3. The zero-order valence-electron chi connectivity index (χ0n) is 19.1. The fourth-order valence-corrected chi connectivity index (χ4v) is 4.06. The molecule has 1 aliphatic rings. The number of anilines is 3. The van der Waals surface area contributed by atoms with Crippen molar-refractivity contribution in [3.8, 4) is 0 Å². The number of aryl methyl sites for hydroxylation is 2. The number of piperidine rings is 1. The molecule has 0 aliphatic carbocycles. The Balaban J connectivity index is 1.64. The van der Waals surface area contributed by atoms with Crippen LogP contribution in [0, 0.1) is 0 Å². The monoisotopic (exact) mass is 496 g/mol. The van der Waals surface area contributed by atoms with Crippen molar-refractivity contribution < 1.29 is 19.0 Å². The zero-order chi connectivity index (χ0) is 24.8. The number of hydrogen-bond donors (Lipinski definition) is 3. The number of fused-ring (bicyclic) bond motifs is 1. The smallest absolute Gasteiger partial charge is 0.328 e. The van der Waals surface area contributed by atoms with E-state index in [-0.39, 0.29) is 35.4 Å². The first-order valence-corrected chi connectivity index (χ1v) is 11.3. The maximum Gasteiger partial charge on any atom is 0.328 e. The average molecular weight is 497 g/mol. The molecule has 9 nitrogen and oxygen atoms in total. The van der Waals surface area contributed by atoms with Crippen molar-refractivity contribution in [2.24, 2.45) is 7.05 Å². The Morgan fingerprint density at radius 1 is 1.32 bits per heavy atom. The van der Waals surface area contributed by atoms with Gasteiger partial charge in [-0.25, -0.2) is 18.6 Å². The first-order valence-electron chi connectivity index (χ1n) is 10.9. The molecule has 0 radical (unpaired) electrons. The Hall–Kier alpha value is -2.76. The maximum absolute atomic E-state index is 14.0. The van der Waals surface area contributed by atoms with Crippen molar-refractivity contribution in [2.75, 3.05) is 23.3 Å². The topological polar surface area (TPSA) is 108 Å². The van der Waals surface area contributed by atoms with E-state index < -0.39 is 24.2 Å². The number of rotatable bonds is 6. The van der Waals surface area contributed by atoms with E-state index in [2.05, 4.69) is 15.3 Å². The Kier molecular flexibility index (Phi) is 6.30. The normalized spacial score (nSPS) is 18.5. The van der Waals surface area contributed by atoms with Gasteiger partial charge in [-0.3, -0.25) is 9.13 Å². The van der Waals surface area contributed by atoms with E-state index in [0.717, 1.165) is 5.52 Å². The molecule has 34 heavy (non-hydrogen) atoms. The summed E-state index contributed by atoms with van der Waals surface area (Å²) in [5.74, 6) is -2.97. The molecule has 3 heterocycles. The first-order chi connectivity index (χ1) is 15.9. The Bertz CT molecular complexity index is 1270. The summed E-state index contributed by atoms with van der Waals surface area (Å²) in [5, 5.41) is 22.9. The van der Waals surface area contributed by atoms with E-state index in [1.807, 2.05) is 0 Å². The second-order valence-corrected chi connectivity index (χ2v) is 9.64. The zero-order valence-corrected chi connectivity index (χ0v) is 19.9. The van der Waals surface area contributed by atoms with Gasteiger partial charge in [-0.2, -0.15) is 4.98 Å². The van der Waals surface area contributed by atoms with Crippen molar-refractivity contribution in [1.29, 1.82) is 0 Å². The van der Waals surface area contributed by atoms with Crippen LogP contribution in [0.25, 0.3) is 11.0 Å². The third kappa shape index (κ3) is 4.86. The van der Waals surface area contributed by atoms with Crippen molar-refractivity contribution in [2.45, 2.75) is 50.9 Å². The van der Waals surface area contributed by atoms with E-state index in [1.54, 1.807) is 43.7 Å². The minimum Gasteiger partial charge on any atom is -0.390 e. The Morgan fingerprint density at radius 2 is 2.06 bits per heavy atom. The number of nitrogens with zero attached hydrogens (tertiary/aromatic N) is 5. The lowest BCUT2D eigenvalue weighted by Gasteiger charge is -2.35. The van der Waals surface area contributed by atoms with Gasteiger partial charge in [0, 0.05) is 25.8 Å². The lowest BCUT2D eigenvalue weighted by molar-refractivity contribution is -0.113. The van der Waals surface area contributed by atoms with Crippen molar-refractivity contribution in [3.05, 3.63) is 39.9 Å². The van der Waals surface area contributed by atoms with E-state index >= 15 is 0 Å². The van der Waals surface area contributed by atoms with Crippen molar-refractivity contribution in [1.82, 2.24) is 19.1 Å². The highest BCUT2D eigenvalue weighted by molar-refractivity contribution is 6.32. The molecular weight excluding hydrogens is 470 g/mol. The van der Waals surface area contributed by atoms with Crippen LogP contribution < -0.4 is 15.9 Å². The number of imidazole rings is 1. The molecule has 184 valence electrons. The highest BCUT2D eigenvalue weighted by Gasteiger charge is 2.44. The summed E-state index contributed by atoms with van der Waals surface area (Å²) in [6.07, 6.45) is -0.0789. The predicted octanol–water partition coefficient (Wildman–Crippen LogP) is 2.89. The van der Waals surface area contributed by atoms with Crippen LogP contribution in [0.1, 0.15) is 26.7 Å². The number of aliphatic hydroxyl groups is 2. The second kappa shape index (κ2) is 8.79. The van der Waals surface area contributed by atoms with Gasteiger partial charge in [-0.05, 0) is 44.9 Å². The van der Waals surface area contributed by atoms with Gasteiger partial charge in [0.2, 0.25) is 5.95 Å². The number of benzene rings is 1. The third-order valence-electron chi connectivity index (χ3n) is 5.93. The summed E-state index contributed by atoms with van der Waals surface area (Å²) in [7, 11) is 1.68. The molecule has 12 heteroatoms. The standard InChI is InChI=1S/C22H27ClF2N6O3/c1-21(2,34)7-9-31-16-10-13(4-5-15(16)29(3)20(31)33)27-18-14(23)11-26-19(28-18)30-8-6-17(32)22(24,25)12-30/h4-5,10-11,17,32,34H,6-9,12H2,1-3H3,(H,26,27,28). The van der Waals surface area contributed by atoms with Crippen LogP contribution in [-0.4, -0.2) is 60.0 Å². The van der Waals surface area contributed by atoms with Gasteiger partial charge in [0.1, 0.15) is 11.1 Å². The molecule has 1 unspecified atom stereocenters. The van der Waals surface area contributed by atoms with E-state index in [9.17, 15) is 23.8 Å². The Labute approximate surface area is 199 Å². The van der Waals surface area contributed by atoms with Gasteiger partial charge in [-0.15, -0.1) is 0 Å². The van der Waals surface area contributed by atoms with E-state index in [1.165, 1.54) is 15.7 Å². The van der Waals surface area contributed by atoms with Gasteiger partial charge in [-0.1, -0.05) is 11.6 Å². The van der Waals surface area contributed by atoms with Crippen LogP contribution in [-0.2, 0) is 13.6 Å². The summed E-state index contributed by atoms with van der Waals surface area (Å²) in [4.78, 5) is 22.4. The minimum absolute atomic E-state index is 0.0707. The van der Waals surface area contributed by atoms with Crippen LogP contribution >= 0.6 is 11.6 Å². The molecule has 3 aromatic rings. The number of aliphatic hydroxyl groups excluding tert-OH is 1. The van der Waals surface area contributed by atoms with Gasteiger partial charge in [0.25, 0.3) is 5.92 Å². The molecule has 3 N–H and O–H groups in total. The van der Waals surface area contributed by atoms with Crippen LogP contribution in [0.4, 0.5) is 26.2 Å². The molecule has 0 bridgehead atoms. The summed E-state index contributed by atoms with van der Waals surface area (Å²) in [6.45, 7) is 3.18. The number of halogens is 3. The fraction of sp³-hybridized carbons (Fsp3) is 0.500. The lowest BCUT2D eigenvalue weighted by atomic mass is 10.0. The van der Waals surface area contributed by atoms with Gasteiger partial charge >= 0.3 is 5.69 Å². The summed E-state index contributed by atoms with van der Waals surface area (Å²) >= 11 is 6.26. The molecule has 1 atom stereocenters. The SMILES string of the molecule is Cn1c(=O)n(CCC(C)(C)O)c2cc(Nc3nc(N4CCC(O)C(F)(F)C4)ncc3Cl)ccc21. The quantitative estimate of drug-likeness (QED) is 0.481. The number of aromatic nitrogens is 4. The molecule has 0 amide bonds. The largest absolute Gasteiger partial charge is 0.390 e. The molecule has 1 saturated heterocycles. The maximum atomic E-state index is 14.0. The highest BCUT2D eigenvalue weighted by Crippen LogP contribution is 2.31. The third-order valence-corrected chi connectivity index (χ3v) is 6.21. The molecule has 2 aromatic heterocycles. The van der Waals surface area contributed by atoms with Crippen LogP contribution in [0.15, 0.2) is 29.2 Å². The number of hydrogen-bond acceptors (Lipinski definition) is 7. The minimum atomic E-state index is -3.26. The predicted molar refractivity (Wildman–Crippen MR) is 126 cm³/mol. The van der Waals surface area contributed by atoms with E-state index in [0.29, 0.717) is 24.2 Å². The fourth-order valence-electron chi connectivity index (χ4n) is 3.92. The summed E-state index contributed by atoms with van der Waals surface area (Å²) < 4.78 is 31.1. The number of alkyl halides is 2. The lowest BCUT2D eigenvalue weighted by Crippen LogP contribution is -2.52. The summed E-state index contributed by atoms with van der Waals surface area (Å²) in [5.41, 5.74) is 0.837. The van der Waals surface area contributed by atoms with Crippen molar-refractivity contribution >= 4 is 40.1 Å². The summed E-state index contributed by atoms with van der Waals surface area (Å²) in [6, 6.07) is 5.30. The molecule has 1 aromatic carbocycles. The van der Waals surface area contributed by atoms with Crippen LogP contribution in [0.2, 0.25) is 5.02 Å². The molecule has 0 spiro atoms.